The summed E-state index contributed by atoms with van der Waals surface area (Å²) in [5, 5.41) is 9.66. The van der Waals surface area contributed by atoms with Gasteiger partial charge in [0.15, 0.2) is 0 Å². The molecule has 8 nitrogen and oxygen atoms in total. The molecule has 10 heteroatoms. The molecule has 0 radical (unpaired) electrons. The molecule has 4 rings (SSSR count). The fourth-order valence-electron chi connectivity index (χ4n) is 4.15. The van der Waals surface area contributed by atoms with E-state index >= 15 is 0 Å². The Morgan fingerprint density at radius 3 is 3.00 bits per heavy atom. The summed E-state index contributed by atoms with van der Waals surface area (Å²) < 4.78 is 37.3. The van der Waals surface area contributed by atoms with E-state index in [1.807, 2.05) is 6.07 Å². The molecule has 1 aromatic heterocycles. The number of benzene rings is 1. The van der Waals surface area contributed by atoms with E-state index in [1.165, 1.54) is 12.7 Å². The second kappa shape index (κ2) is 8.32. The van der Waals surface area contributed by atoms with Gasteiger partial charge in [0.2, 0.25) is 5.13 Å². The second-order valence-corrected chi connectivity index (χ2v) is 9.57. The number of hydrogen-bond acceptors (Lipinski definition) is 8. The molecule has 3 heterocycles. The van der Waals surface area contributed by atoms with Crippen LogP contribution in [-0.4, -0.2) is 53.6 Å². The van der Waals surface area contributed by atoms with Crippen LogP contribution in [0.3, 0.4) is 0 Å². The SMILES string of the molecule is O=S(=O)(Nc1ncns1)c1ccc2c(c1)OCC[C@@H]2N1CCCC[C@H]1CCO. The van der Waals surface area contributed by atoms with E-state index in [4.69, 9.17) is 4.74 Å². The number of ether oxygens (including phenoxy) is 1. The Balaban J connectivity index is 1.60. The second-order valence-electron chi connectivity index (χ2n) is 7.10. The van der Waals surface area contributed by atoms with Gasteiger partial charge in [-0.05, 0) is 31.9 Å². The third-order valence-corrected chi connectivity index (χ3v) is 7.47. The van der Waals surface area contributed by atoms with Gasteiger partial charge in [0.25, 0.3) is 10.0 Å². The number of nitrogens with zero attached hydrogens (tertiary/aromatic N) is 3. The Bertz CT molecular complexity index is 902. The molecule has 152 valence electrons. The molecule has 0 bridgehead atoms. The normalized spacial score (nSPS) is 23.0. The van der Waals surface area contributed by atoms with Crippen LogP contribution in [0, 0.1) is 0 Å². The molecule has 0 unspecified atom stereocenters. The summed E-state index contributed by atoms with van der Waals surface area (Å²) in [5.74, 6) is 0.615. The minimum Gasteiger partial charge on any atom is -0.493 e. The molecule has 28 heavy (non-hydrogen) atoms. The molecule has 1 fully saturated rings. The van der Waals surface area contributed by atoms with Crippen molar-refractivity contribution in [2.24, 2.45) is 0 Å². The Hall–Kier alpha value is -1.75. The number of likely N-dealkylation sites (tertiary alicyclic amines) is 1. The number of aliphatic hydroxyl groups is 1. The zero-order valence-corrected chi connectivity index (χ0v) is 17.1. The molecule has 2 aliphatic heterocycles. The van der Waals surface area contributed by atoms with Crippen molar-refractivity contribution in [1.29, 1.82) is 0 Å². The Morgan fingerprint density at radius 2 is 2.21 bits per heavy atom. The summed E-state index contributed by atoms with van der Waals surface area (Å²) in [5.41, 5.74) is 1.02. The minimum absolute atomic E-state index is 0.146. The number of sulfonamides is 1. The zero-order chi connectivity index (χ0) is 19.6. The average molecular weight is 425 g/mol. The summed E-state index contributed by atoms with van der Waals surface area (Å²) in [4.78, 5) is 6.49. The van der Waals surface area contributed by atoms with E-state index in [2.05, 4.69) is 19.0 Å². The first-order chi connectivity index (χ1) is 13.6. The lowest BCUT2D eigenvalue weighted by Crippen LogP contribution is -2.44. The molecule has 1 aromatic carbocycles. The number of piperidine rings is 1. The number of hydrogen-bond donors (Lipinski definition) is 2. The van der Waals surface area contributed by atoms with Crippen LogP contribution in [0.2, 0.25) is 0 Å². The van der Waals surface area contributed by atoms with E-state index in [0.29, 0.717) is 18.4 Å². The molecule has 2 aromatic rings. The Kier molecular flexibility index (Phi) is 5.81. The predicted molar refractivity (Wildman–Crippen MR) is 106 cm³/mol. The fraction of sp³-hybridized carbons (Fsp3) is 0.556. The first kappa shape index (κ1) is 19.6. The molecule has 2 N–H and O–H groups in total. The largest absolute Gasteiger partial charge is 0.493 e. The highest BCUT2D eigenvalue weighted by molar-refractivity contribution is 7.93. The molecule has 0 aliphatic carbocycles. The number of aromatic nitrogens is 2. The van der Waals surface area contributed by atoms with Crippen LogP contribution < -0.4 is 9.46 Å². The summed E-state index contributed by atoms with van der Waals surface area (Å²) in [6.07, 6.45) is 6.36. The molecular weight excluding hydrogens is 400 g/mol. The fourth-order valence-corrected chi connectivity index (χ4v) is 5.82. The van der Waals surface area contributed by atoms with Crippen molar-refractivity contribution in [3.05, 3.63) is 30.1 Å². The van der Waals surface area contributed by atoms with E-state index < -0.39 is 10.0 Å². The lowest BCUT2D eigenvalue weighted by atomic mass is 9.92. The molecule has 0 saturated carbocycles. The highest BCUT2D eigenvalue weighted by Crippen LogP contribution is 2.40. The maximum atomic E-state index is 12.6. The van der Waals surface area contributed by atoms with E-state index in [1.54, 1.807) is 12.1 Å². The number of aliphatic hydroxyl groups excluding tert-OH is 1. The van der Waals surface area contributed by atoms with Gasteiger partial charge in [-0.2, -0.15) is 4.37 Å². The topological polar surface area (TPSA) is 105 Å². The highest BCUT2D eigenvalue weighted by Gasteiger charge is 2.33. The van der Waals surface area contributed by atoms with Gasteiger partial charge in [0, 0.05) is 48.3 Å². The minimum atomic E-state index is -3.75. The average Bonchev–Trinajstić information content (AvgIpc) is 3.20. The van der Waals surface area contributed by atoms with Crippen LogP contribution in [0.15, 0.2) is 29.4 Å². The monoisotopic (exact) mass is 424 g/mol. The number of anilines is 1. The number of nitrogens with one attached hydrogen (secondary N) is 1. The van der Waals surface area contributed by atoms with Crippen molar-refractivity contribution in [3.63, 3.8) is 0 Å². The highest BCUT2D eigenvalue weighted by atomic mass is 32.2. The van der Waals surface area contributed by atoms with Gasteiger partial charge < -0.3 is 9.84 Å². The van der Waals surface area contributed by atoms with Gasteiger partial charge in [0.05, 0.1) is 11.5 Å². The smallest absolute Gasteiger partial charge is 0.263 e. The zero-order valence-electron chi connectivity index (χ0n) is 15.5. The van der Waals surface area contributed by atoms with Crippen LogP contribution in [0.25, 0.3) is 0 Å². The molecule has 2 aliphatic rings. The van der Waals surface area contributed by atoms with Crippen molar-refractivity contribution in [2.45, 2.75) is 49.1 Å². The van der Waals surface area contributed by atoms with Crippen LogP contribution in [0.5, 0.6) is 5.75 Å². The number of rotatable bonds is 6. The third kappa shape index (κ3) is 4.00. The lowest BCUT2D eigenvalue weighted by Gasteiger charge is -2.43. The van der Waals surface area contributed by atoms with Gasteiger partial charge in [-0.3, -0.25) is 9.62 Å². The summed E-state index contributed by atoms with van der Waals surface area (Å²) >= 11 is 0.988. The van der Waals surface area contributed by atoms with Gasteiger partial charge in [-0.25, -0.2) is 13.4 Å². The summed E-state index contributed by atoms with van der Waals surface area (Å²) in [7, 11) is -3.75. The molecular formula is C18H24N4O4S2. The van der Waals surface area contributed by atoms with Gasteiger partial charge in [-0.15, -0.1) is 0 Å². The van der Waals surface area contributed by atoms with Crippen molar-refractivity contribution in [2.75, 3.05) is 24.5 Å². The maximum Gasteiger partial charge on any atom is 0.263 e. The van der Waals surface area contributed by atoms with Crippen molar-refractivity contribution >= 4 is 26.7 Å². The van der Waals surface area contributed by atoms with Crippen molar-refractivity contribution < 1.29 is 18.3 Å². The van der Waals surface area contributed by atoms with E-state index in [0.717, 1.165) is 49.3 Å². The van der Waals surface area contributed by atoms with E-state index in [-0.39, 0.29) is 22.7 Å². The predicted octanol–water partition coefficient (Wildman–Crippen LogP) is 2.40. The molecule has 0 amide bonds. The molecule has 1 saturated heterocycles. The van der Waals surface area contributed by atoms with Gasteiger partial charge in [0.1, 0.15) is 12.1 Å². The molecule has 0 spiro atoms. The summed E-state index contributed by atoms with van der Waals surface area (Å²) in [6, 6.07) is 5.62. The quantitative estimate of drug-likeness (QED) is 0.734. The van der Waals surface area contributed by atoms with Crippen molar-refractivity contribution in [1.82, 2.24) is 14.3 Å². The van der Waals surface area contributed by atoms with Crippen LogP contribution >= 0.6 is 11.5 Å². The first-order valence-corrected chi connectivity index (χ1v) is 11.8. The first-order valence-electron chi connectivity index (χ1n) is 9.51. The van der Waals surface area contributed by atoms with Gasteiger partial charge in [-0.1, -0.05) is 12.5 Å². The van der Waals surface area contributed by atoms with Crippen molar-refractivity contribution in [3.8, 4) is 5.75 Å². The third-order valence-electron chi connectivity index (χ3n) is 5.42. The number of fused-ring (bicyclic) bond motifs is 1. The Morgan fingerprint density at radius 1 is 1.32 bits per heavy atom. The van der Waals surface area contributed by atoms with Crippen LogP contribution in [0.1, 0.15) is 43.7 Å². The summed E-state index contributed by atoms with van der Waals surface area (Å²) in [6.45, 7) is 1.73. The maximum absolute atomic E-state index is 12.6. The van der Waals surface area contributed by atoms with Crippen LogP contribution in [0.4, 0.5) is 5.13 Å². The lowest BCUT2D eigenvalue weighted by molar-refractivity contribution is 0.0536. The standard InChI is InChI=1S/C18H24N4O4S2/c23-9-6-13-3-1-2-8-22(13)16-7-10-26-17-11-14(4-5-15(16)17)28(24,25)21-18-19-12-20-27-18/h4-5,11-13,16,23H,1-3,6-10H2,(H,19,20,21)/t13-,16-/m0/s1. The van der Waals surface area contributed by atoms with Crippen LogP contribution in [-0.2, 0) is 10.0 Å². The Labute approximate surface area is 168 Å². The van der Waals surface area contributed by atoms with Gasteiger partial charge >= 0.3 is 0 Å². The molecule has 2 atom stereocenters. The van der Waals surface area contributed by atoms with E-state index in [9.17, 15) is 13.5 Å².